The van der Waals surface area contributed by atoms with Crippen LogP contribution in [-0.2, 0) is 4.79 Å². The second kappa shape index (κ2) is 5.75. The van der Waals surface area contributed by atoms with Crippen molar-refractivity contribution in [3.8, 4) is 0 Å². The zero-order valence-electron chi connectivity index (χ0n) is 8.94. The largest absolute Gasteiger partial charge is 0.481 e. The van der Waals surface area contributed by atoms with Crippen molar-refractivity contribution in [1.29, 1.82) is 0 Å². The molecule has 0 aliphatic rings. The van der Waals surface area contributed by atoms with Gasteiger partial charge < -0.3 is 10.8 Å². The van der Waals surface area contributed by atoms with E-state index in [2.05, 4.69) is 0 Å². The van der Waals surface area contributed by atoms with E-state index in [9.17, 15) is 9.18 Å². The van der Waals surface area contributed by atoms with Crippen molar-refractivity contribution >= 4 is 23.4 Å². The van der Waals surface area contributed by atoms with Crippen LogP contribution in [0.3, 0.4) is 0 Å². The number of carboxylic acid groups (broad SMARTS) is 1. The summed E-state index contributed by atoms with van der Waals surface area (Å²) in [5, 5.41) is 8.65. The number of benzene rings is 1. The molecule has 0 heterocycles. The van der Waals surface area contributed by atoms with Crippen LogP contribution in [0.1, 0.15) is 19.8 Å². The minimum atomic E-state index is -0.814. The second-order valence-electron chi connectivity index (χ2n) is 3.58. The third-order valence-corrected chi connectivity index (χ3v) is 3.14. The third-order valence-electron chi connectivity index (χ3n) is 2.00. The van der Waals surface area contributed by atoms with Crippen LogP contribution >= 0.6 is 11.8 Å². The third kappa shape index (κ3) is 4.53. The Morgan fingerprint density at radius 2 is 2.25 bits per heavy atom. The van der Waals surface area contributed by atoms with Gasteiger partial charge in [0.05, 0.1) is 0 Å². The molecule has 1 aromatic rings. The number of rotatable bonds is 5. The Kier molecular flexibility index (Phi) is 4.61. The van der Waals surface area contributed by atoms with Gasteiger partial charge in [0.25, 0.3) is 0 Å². The highest BCUT2D eigenvalue weighted by atomic mass is 32.2. The van der Waals surface area contributed by atoms with Gasteiger partial charge in [0.15, 0.2) is 0 Å². The Morgan fingerprint density at radius 1 is 1.56 bits per heavy atom. The Labute approximate surface area is 97.8 Å². The summed E-state index contributed by atoms with van der Waals surface area (Å²) >= 11 is 1.43. The van der Waals surface area contributed by atoms with Gasteiger partial charge in [-0.2, -0.15) is 0 Å². The van der Waals surface area contributed by atoms with Gasteiger partial charge in [-0.3, -0.25) is 4.79 Å². The molecule has 1 rings (SSSR count). The van der Waals surface area contributed by atoms with Crippen LogP contribution in [0.5, 0.6) is 0 Å². The predicted octanol–water partition coefficient (Wildman–Crippen LogP) is 2.75. The number of hydrogen-bond donors (Lipinski definition) is 2. The zero-order chi connectivity index (χ0) is 12.1. The molecule has 0 aliphatic heterocycles. The zero-order valence-corrected chi connectivity index (χ0v) is 9.76. The molecule has 0 fully saturated rings. The SMILES string of the molecule is CC(CCC(=O)O)Sc1cc(N)cc(F)c1. The molecular formula is C11H14FNO2S. The molecule has 0 saturated carbocycles. The predicted molar refractivity (Wildman–Crippen MR) is 63.0 cm³/mol. The molecule has 3 nitrogen and oxygen atoms in total. The Hall–Kier alpha value is -1.23. The van der Waals surface area contributed by atoms with Gasteiger partial charge in [0.2, 0.25) is 0 Å². The van der Waals surface area contributed by atoms with Crippen molar-refractivity contribution in [3.05, 3.63) is 24.0 Å². The molecule has 0 aliphatic carbocycles. The number of aliphatic carboxylic acids is 1. The normalized spacial score (nSPS) is 12.4. The molecule has 0 amide bonds. The first-order valence-corrected chi connectivity index (χ1v) is 5.80. The fourth-order valence-corrected chi connectivity index (χ4v) is 2.36. The second-order valence-corrected chi connectivity index (χ2v) is 5.09. The lowest BCUT2D eigenvalue weighted by atomic mass is 10.2. The summed E-state index contributed by atoms with van der Waals surface area (Å²) in [6.07, 6.45) is 0.676. The number of carbonyl (C=O) groups is 1. The van der Waals surface area contributed by atoms with Gasteiger partial charge in [0.1, 0.15) is 5.82 Å². The first kappa shape index (κ1) is 12.8. The van der Waals surface area contributed by atoms with Gasteiger partial charge >= 0.3 is 5.97 Å². The van der Waals surface area contributed by atoms with E-state index in [1.165, 1.54) is 23.9 Å². The molecule has 3 N–H and O–H groups in total. The molecule has 16 heavy (non-hydrogen) atoms. The van der Waals surface area contributed by atoms with Crippen LogP contribution in [0.25, 0.3) is 0 Å². The van der Waals surface area contributed by atoms with E-state index in [4.69, 9.17) is 10.8 Å². The maximum Gasteiger partial charge on any atom is 0.303 e. The van der Waals surface area contributed by atoms with Crippen molar-refractivity contribution in [2.45, 2.75) is 29.9 Å². The monoisotopic (exact) mass is 243 g/mol. The lowest BCUT2D eigenvalue weighted by Crippen LogP contribution is -2.02. The van der Waals surface area contributed by atoms with Crippen LogP contribution in [0, 0.1) is 5.82 Å². The fraction of sp³-hybridized carbons (Fsp3) is 0.364. The van der Waals surface area contributed by atoms with Crippen LogP contribution in [-0.4, -0.2) is 16.3 Å². The highest BCUT2D eigenvalue weighted by Gasteiger charge is 2.08. The summed E-state index contributed by atoms with van der Waals surface area (Å²) in [5.41, 5.74) is 5.89. The maximum atomic E-state index is 13.0. The molecule has 1 unspecified atom stereocenters. The van der Waals surface area contributed by atoms with Gasteiger partial charge in [-0.05, 0) is 24.6 Å². The maximum absolute atomic E-state index is 13.0. The van der Waals surface area contributed by atoms with Crippen molar-refractivity contribution in [2.24, 2.45) is 0 Å². The number of thioether (sulfide) groups is 1. The minimum absolute atomic E-state index is 0.122. The summed E-state index contributed by atoms with van der Waals surface area (Å²) in [6.45, 7) is 1.91. The van der Waals surface area contributed by atoms with E-state index in [0.29, 0.717) is 12.1 Å². The fourth-order valence-electron chi connectivity index (χ4n) is 1.27. The highest BCUT2D eigenvalue weighted by Crippen LogP contribution is 2.28. The average molecular weight is 243 g/mol. The van der Waals surface area contributed by atoms with Gasteiger partial charge in [-0.1, -0.05) is 6.92 Å². The van der Waals surface area contributed by atoms with E-state index in [1.54, 1.807) is 6.07 Å². The number of nitrogens with two attached hydrogens (primary N) is 1. The lowest BCUT2D eigenvalue weighted by Gasteiger charge is -2.10. The molecule has 0 aromatic heterocycles. The summed E-state index contributed by atoms with van der Waals surface area (Å²) in [7, 11) is 0. The number of nitrogen functional groups attached to an aromatic ring is 1. The van der Waals surface area contributed by atoms with E-state index in [0.717, 1.165) is 4.90 Å². The van der Waals surface area contributed by atoms with Gasteiger partial charge in [-0.15, -0.1) is 11.8 Å². The molecule has 0 radical (unpaired) electrons. The average Bonchev–Trinajstić information content (AvgIpc) is 2.12. The Morgan fingerprint density at radius 3 is 2.81 bits per heavy atom. The molecule has 0 spiro atoms. The van der Waals surface area contributed by atoms with Crippen molar-refractivity contribution in [1.82, 2.24) is 0 Å². The topological polar surface area (TPSA) is 63.3 Å². The molecule has 0 bridgehead atoms. The molecule has 1 atom stereocenters. The van der Waals surface area contributed by atoms with E-state index in [1.807, 2.05) is 6.92 Å². The molecule has 88 valence electrons. The van der Waals surface area contributed by atoms with Crippen molar-refractivity contribution in [2.75, 3.05) is 5.73 Å². The lowest BCUT2D eigenvalue weighted by molar-refractivity contribution is -0.137. The quantitative estimate of drug-likeness (QED) is 0.616. The molecule has 0 saturated heterocycles. The summed E-state index contributed by atoms with van der Waals surface area (Å²) in [4.78, 5) is 11.1. The minimum Gasteiger partial charge on any atom is -0.481 e. The van der Waals surface area contributed by atoms with Crippen LogP contribution < -0.4 is 5.73 Å². The van der Waals surface area contributed by atoms with E-state index >= 15 is 0 Å². The van der Waals surface area contributed by atoms with Crippen LogP contribution in [0.2, 0.25) is 0 Å². The summed E-state index contributed by atoms with van der Waals surface area (Å²) in [5.74, 6) is -1.18. The number of halogens is 1. The number of hydrogen-bond acceptors (Lipinski definition) is 3. The molecule has 5 heteroatoms. The number of anilines is 1. The highest BCUT2D eigenvalue weighted by molar-refractivity contribution is 7.99. The smallest absolute Gasteiger partial charge is 0.303 e. The first-order valence-electron chi connectivity index (χ1n) is 4.92. The first-order chi connectivity index (χ1) is 7.47. The number of carboxylic acids is 1. The molecular weight excluding hydrogens is 229 g/mol. The van der Waals surface area contributed by atoms with Crippen LogP contribution in [0.4, 0.5) is 10.1 Å². The van der Waals surface area contributed by atoms with Crippen molar-refractivity contribution in [3.63, 3.8) is 0 Å². The standard InChI is InChI=1S/C11H14FNO2S/c1-7(2-3-11(14)15)16-10-5-8(12)4-9(13)6-10/h4-7H,2-3,13H2,1H3,(H,14,15). The van der Waals surface area contributed by atoms with Gasteiger partial charge in [-0.25, -0.2) is 4.39 Å². The van der Waals surface area contributed by atoms with E-state index < -0.39 is 5.97 Å². The summed E-state index contributed by atoms with van der Waals surface area (Å²) < 4.78 is 13.0. The Balaban J connectivity index is 2.55. The van der Waals surface area contributed by atoms with Crippen LogP contribution in [0.15, 0.2) is 23.1 Å². The van der Waals surface area contributed by atoms with Gasteiger partial charge in [0, 0.05) is 22.3 Å². The Bertz CT molecular complexity index is 364. The molecule has 1 aromatic carbocycles. The van der Waals surface area contributed by atoms with Crippen molar-refractivity contribution < 1.29 is 14.3 Å². The van der Waals surface area contributed by atoms with E-state index in [-0.39, 0.29) is 17.5 Å². The summed E-state index contributed by atoms with van der Waals surface area (Å²) in [6, 6.07) is 4.34.